The van der Waals surface area contributed by atoms with Gasteiger partial charge in [-0.2, -0.15) is 15.8 Å². The molecule has 1 aliphatic heterocycles. The molecule has 0 saturated carbocycles. The van der Waals surface area contributed by atoms with Crippen molar-refractivity contribution >= 4 is 0 Å². The van der Waals surface area contributed by atoms with Gasteiger partial charge in [-0.25, -0.2) is 8.78 Å². The van der Waals surface area contributed by atoms with Crippen molar-refractivity contribution in [1.29, 1.82) is 15.8 Å². The summed E-state index contributed by atoms with van der Waals surface area (Å²) in [7, 11) is 0. The molecule has 0 amide bonds. The summed E-state index contributed by atoms with van der Waals surface area (Å²) in [5.41, 5.74) is 4.61. The number of benzene rings is 1. The molecule has 0 fully saturated rings. The summed E-state index contributed by atoms with van der Waals surface area (Å²) < 4.78 is 28.8. The van der Waals surface area contributed by atoms with Crippen LogP contribution in [0.2, 0.25) is 0 Å². The van der Waals surface area contributed by atoms with E-state index < -0.39 is 28.9 Å². The van der Waals surface area contributed by atoms with Crippen LogP contribution in [0.15, 0.2) is 41.1 Å². The maximum atomic E-state index is 14.8. The fraction of sp³-hybridized carbons (Fsp3) is 0.381. The highest BCUT2D eigenvalue weighted by atomic mass is 19.2. The van der Waals surface area contributed by atoms with E-state index in [4.69, 9.17) is 5.73 Å². The molecule has 1 aromatic rings. The Hall–Kier alpha value is -3.21. The van der Waals surface area contributed by atoms with Crippen LogP contribution in [0, 0.1) is 57.0 Å². The van der Waals surface area contributed by atoms with Crippen molar-refractivity contribution < 1.29 is 8.78 Å². The van der Waals surface area contributed by atoms with E-state index >= 15 is 0 Å². The Morgan fingerprint density at radius 3 is 2.57 bits per heavy atom. The molecule has 2 atom stereocenters. The summed E-state index contributed by atoms with van der Waals surface area (Å²) in [5.74, 6) is -3.70. The summed E-state index contributed by atoms with van der Waals surface area (Å²) in [6, 6.07) is 9.59. The van der Waals surface area contributed by atoms with E-state index in [1.165, 1.54) is 12.1 Å². The Morgan fingerprint density at radius 2 is 1.96 bits per heavy atom. The Kier molecular flexibility index (Phi) is 5.18. The van der Waals surface area contributed by atoms with Crippen LogP contribution >= 0.6 is 0 Å². The molecule has 0 saturated heterocycles. The van der Waals surface area contributed by atoms with E-state index in [0.717, 1.165) is 19.0 Å². The molecule has 0 radical (unpaired) electrons. The van der Waals surface area contributed by atoms with Crippen LogP contribution in [0.4, 0.5) is 8.78 Å². The van der Waals surface area contributed by atoms with E-state index in [0.29, 0.717) is 18.7 Å². The lowest BCUT2D eigenvalue weighted by atomic mass is 9.58. The largest absolute Gasteiger partial charge is 0.399 e. The summed E-state index contributed by atoms with van der Waals surface area (Å²) in [5, 5.41) is 29.5. The molecule has 1 heterocycles. The van der Waals surface area contributed by atoms with Gasteiger partial charge in [-0.05, 0) is 30.2 Å². The first kappa shape index (κ1) is 19.5. The Bertz CT molecular complexity index is 976. The third kappa shape index (κ3) is 2.74. The molecule has 5 nitrogen and oxygen atoms in total. The number of halogens is 2. The van der Waals surface area contributed by atoms with E-state index in [1.54, 1.807) is 0 Å². The third-order valence-electron chi connectivity index (χ3n) is 5.60. The van der Waals surface area contributed by atoms with Crippen LogP contribution in [0.1, 0.15) is 24.8 Å². The molecule has 28 heavy (non-hydrogen) atoms. The highest BCUT2D eigenvalue weighted by Gasteiger charge is 2.55. The van der Waals surface area contributed by atoms with Crippen LogP contribution in [0.25, 0.3) is 0 Å². The number of hydrogen-bond donors (Lipinski definition) is 1. The lowest BCUT2D eigenvalue weighted by molar-refractivity contribution is 0.204. The lowest BCUT2D eigenvalue weighted by Gasteiger charge is -2.45. The first-order valence-electron chi connectivity index (χ1n) is 9.04. The van der Waals surface area contributed by atoms with E-state index in [-0.39, 0.29) is 16.8 Å². The van der Waals surface area contributed by atoms with Gasteiger partial charge in [-0.1, -0.05) is 25.1 Å². The molecule has 1 aromatic carbocycles. The SMILES string of the molecule is CCCN1CC=C2C(C#N)=C(N)C(C#N)(C#N)[C@@H](c3cccc(F)c3F)[C@@H]2C1. The molecule has 2 aliphatic rings. The normalized spacial score (nSPS) is 23.8. The maximum Gasteiger partial charge on any atom is 0.191 e. The Morgan fingerprint density at radius 1 is 1.25 bits per heavy atom. The highest BCUT2D eigenvalue weighted by Crippen LogP contribution is 2.54. The van der Waals surface area contributed by atoms with Gasteiger partial charge < -0.3 is 5.73 Å². The minimum Gasteiger partial charge on any atom is -0.399 e. The van der Waals surface area contributed by atoms with E-state index in [1.807, 2.05) is 31.2 Å². The fourth-order valence-corrected chi connectivity index (χ4v) is 4.34. The monoisotopic (exact) mass is 379 g/mol. The van der Waals surface area contributed by atoms with Gasteiger partial charge in [0.2, 0.25) is 0 Å². The Balaban J connectivity index is 2.32. The van der Waals surface area contributed by atoms with E-state index in [9.17, 15) is 24.6 Å². The predicted molar refractivity (Wildman–Crippen MR) is 97.9 cm³/mol. The van der Waals surface area contributed by atoms with Crippen molar-refractivity contribution in [2.24, 2.45) is 17.1 Å². The van der Waals surface area contributed by atoms with Gasteiger partial charge in [0.15, 0.2) is 17.0 Å². The summed E-state index contributed by atoms with van der Waals surface area (Å²) in [6.45, 7) is 3.80. The molecule has 0 spiro atoms. The predicted octanol–water partition coefficient (Wildman–Crippen LogP) is 3.10. The van der Waals surface area contributed by atoms with Crippen molar-refractivity contribution in [2.75, 3.05) is 19.6 Å². The second kappa shape index (κ2) is 7.43. The molecule has 0 aromatic heterocycles. The van der Waals surface area contributed by atoms with Crippen LogP contribution in [0.5, 0.6) is 0 Å². The minimum atomic E-state index is -1.96. The zero-order chi connectivity index (χ0) is 20.5. The molecule has 3 rings (SSSR count). The van der Waals surface area contributed by atoms with Crippen molar-refractivity contribution in [3.8, 4) is 18.2 Å². The molecule has 0 bridgehead atoms. The molecular formula is C21H19F2N5. The second-order valence-electron chi connectivity index (χ2n) is 7.08. The first-order valence-corrected chi connectivity index (χ1v) is 9.04. The number of fused-ring (bicyclic) bond motifs is 1. The average molecular weight is 379 g/mol. The van der Waals surface area contributed by atoms with Crippen LogP contribution in [0.3, 0.4) is 0 Å². The molecule has 0 unspecified atom stereocenters. The Labute approximate surface area is 162 Å². The van der Waals surface area contributed by atoms with Gasteiger partial charge in [0.25, 0.3) is 0 Å². The van der Waals surface area contributed by atoms with Crippen molar-refractivity contribution in [3.63, 3.8) is 0 Å². The fourth-order valence-electron chi connectivity index (χ4n) is 4.34. The second-order valence-corrected chi connectivity index (χ2v) is 7.08. The number of nitrogens with two attached hydrogens (primary N) is 1. The maximum absolute atomic E-state index is 14.8. The zero-order valence-corrected chi connectivity index (χ0v) is 15.4. The summed E-state index contributed by atoms with van der Waals surface area (Å²) in [6.07, 6.45) is 2.73. The molecule has 2 N–H and O–H groups in total. The van der Waals surface area contributed by atoms with Crippen molar-refractivity contribution in [3.05, 3.63) is 58.3 Å². The molecule has 1 aliphatic carbocycles. The van der Waals surface area contributed by atoms with E-state index in [2.05, 4.69) is 4.90 Å². The van der Waals surface area contributed by atoms with Gasteiger partial charge in [0, 0.05) is 24.9 Å². The molecule has 142 valence electrons. The van der Waals surface area contributed by atoms with Gasteiger partial charge >= 0.3 is 0 Å². The smallest absolute Gasteiger partial charge is 0.191 e. The quantitative estimate of drug-likeness (QED) is 0.870. The van der Waals surface area contributed by atoms with Gasteiger partial charge in [-0.3, -0.25) is 4.90 Å². The summed E-state index contributed by atoms with van der Waals surface area (Å²) >= 11 is 0. The molecular weight excluding hydrogens is 360 g/mol. The van der Waals surface area contributed by atoms with Crippen LogP contribution < -0.4 is 5.73 Å². The third-order valence-corrected chi connectivity index (χ3v) is 5.60. The molecule has 7 heteroatoms. The van der Waals surface area contributed by atoms with Gasteiger partial charge in [0.1, 0.15) is 6.07 Å². The number of nitrogens with zero attached hydrogens (tertiary/aromatic N) is 4. The standard InChI is InChI=1S/C21H19F2N5/c1-2-7-28-8-6-13-15(9-24)20(27)21(11-25,12-26)18(16(13)10-28)14-4-3-5-17(22)19(14)23/h3-6,16,18H,2,7-8,10,27H2,1H3/t16-,18+/m1/s1. The van der Waals surface area contributed by atoms with Gasteiger partial charge in [-0.15, -0.1) is 0 Å². The summed E-state index contributed by atoms with van der Waals surface area (Å²) in [4.78, 5) is 2.11. The number of allylic oxidation sites excluding steroid dienone is 2. The average Bonchev–Trinajstić information content (AvgIpc) is 2.70. The highest BCUT2D eigenvalue weighted by molar-refractivity contribution is 5.59. The number of hydrogen-bond acceptors (Lipinski definition) is 5. The first-order chi connectivity index (χ1) is 13.4. The number of nitriles is 3. The van der Waals surface area contributed by atoms with Gasteiger partial charge in [0.05, 0.1) is 23.4 Å². The van der Waals surface area contributed by atoms with Crippen LogP contribution in [-0.2, 0) is 0 Å². The zero-order valence-electron chi connectivity index (χ0n) is 15.4. The van der Waals surface area contributed by atoms with Crippen LogP contribution in [-0.4, -0.2) is 24.5 Å². The van der Waals surface area contributed by atoms with Crippen molar-refractivity contribution in [1.82, 2.24) is 4.90 Å². The topological polar surface area (TPSA) is 101 Å². The lowest BCUT2D eigenvalue weighted by Crippen LogP contribution is -2.48. The number of rotatable bonds is 3. The minimum absolute atomic E-state index is 0.0720. The van der Waals surface area contributed by atoms with Crippen molar-refractivity contribution in [2.45, 2.75) is 19.3 Å².